The standard InChI is InChI=1S/C17H23N3O3/c1-13(2)11-20-17(16(12-21)18-19-20)5-4-10-23-15-8-6-14(22-3)7-9-15/h6-9,12-13H,4-5,10-11H2,1-3H3. The highest BCUT2D eigenvalue weighted by atomic mass is 16.5. The molecule has 0 unspecified atom stereocenters. The van der Waals surface area contributed by atoms with Crippen molar-refractivity contribution in [2.24, 2.45) is 5.92 Å². The number of aldehydes is 1. The highest BCUT2D eigenvalue weighted by Gasteiger charge is 2.13. The second-order valence-corrected chi connectivity index (χ2v) is 5.74. The Labute approximate surface area is 136 Å². The summed E-state index contributed by atoms with van der Waals surface area (Å²) in [5.74, 6) is 2.05. The first-order chi connectivity index (χ1) is 11.1. The Hall–Kier alpha value is -2.37. The molecule has 0 N–H and O–H groups in total. The minimum Gasteiger partial charge on any atom is -0.497 e. The summed E-state index contributed by atoms with van der Waals surface area (Å²) in [7, 11) is 1.63. The van der Waals surface area contributed by atoms with Crippen molar-refractivity contribution in [1.29, 1.82) is 0 Å². The third-order valence-electron chi connectivity index (χ3n) is 3.40. The molecule has 1 aromatic carbocycles. The van der Waals surface area contributed by atoms with E-state index in [1.807, 2.05) is 28.9 Å². The van der Waals surface area contributed by atoms with Crippen molar-refractivity contribution < 1.29 is 14.3 Å². The number of hydrogen-bond acceptors (Lipinski definition) is 5. The van der Waals surface area contributed by atoms with E-state index >= 15 is 0 Å². The Balaban J connectivity index is 1.87. The van der Waals surface area contributed by atoms with Crippen LogP contribution in [0.2, 0.25) is 0 Å². The van der Waals surface area contributed by atoms with E-state index in [4.69, 9.17) is 9.47 Å². The van der Waals surface area contributed by atoms with Crippen LogP contribution < -0.4 is 9.47 Å². The number of carbonyl (C=O) groups is 1. The molecule has 0 aliphatic carbocycles. The molecule has 0 fully saturated rings. The molecule has 0 radical (unpaired) electrons. The maximum Gasteiger partial charge on any atom is 0.172 e. The van der Waals surface area contributed by atoms with E-state index in [0.717, 1.165) is 36.4 Å². The molecule has 23 heavy (non-hydrogen) atoms. The van der Waals surface area contributed by atoms with Crippen molar-refractivity contribution in [2.45, 2.75) is 33.2 Å². The van der Waals surface area contributed by atoms with Crippen LogP contribution in [0.1, 0.15) is 36.5 Å². The van der Waals surface area contributed by atoms with Gasteiger partial charge in [-0.25, -0.2) is 4.68 Å². The third-order valence-corrected chi connectivity index (χ3v) is 3.40. The van der Waals surface area contributed by atoms with E-state index in [0.29, 0.717) is 24.6 Å². The summed E-state index contributed by atoms with van der Waals surface area (Å²) < 4.78 is 12.6. The molecule has 1 aromatic heterocycles. The molecular formula is C17H23N3O3. The number of aromatic nitrogens is 3. The number of carbonyl (C=O) groups excluding carboxylic acids is 1. The number of hydrogen-bond donors (Lipinski definition) is 0. The van der Waals surface area contributed by atoms with Gasteiger partial charge in [-0.1, -0.05) is 19.1 Å². The fourth-order valence-corrected chi connectivity index (χ4v) is 2.29. The number of benzene rings is 1. The zero-order valence-electron chi connectivity index (χ0n) is 13.9. The minimum absolute atomic E-state index is 0.426. The van der Waals surface area contributed by atoms with Crippen LogP contribution in [0.4, 0.5) is 0 Å². The van der Waals surface area contributed by atoms with Gasteiger partial charge < -0.3 is 9.47 Å². The van der Waals surface area contributed by atoms with Gasteiger partial charge >= 0.3 is 0 Å². The Morgan fingerprint density at radius 1 is 1.22 bits per heavy atom. The van der Waals surface area contributed by atoms with Crippen molar-refractivity contribution >= 4 is 6.29 Å². The number of methoxy groups -OCH3 is 1. The van der Waals surface area contributed by atoms with Crippen molar-refractivity contribution in [3.63, 3.8) is 0 Å². The van der Waals surface area contributed by atoms with Crippen molar-refractivity contribution in [1.82, 2.24) is 15.0 Å². The maximum atomic E-state index is 11.1. The quantitative estimate of drug-likeness (QED) is 0.525. The first kappa shape index (κ1) is 17.0. The summed E-state index contributed by atoms with van der Waals surface area (Å²) in [5, 5.41) is 8.00. The third kappa shape index (κ3) is 4.81. The van der Waals surface area contributed by atoms with Crippen LogP contribution >= 0.6 is 0 Å². The maximum absolute atomic E-state index is 11.1. The van der Waals surface area contributed by atoms with Gasteiger partial charge in [-0.15, -0.1) is 5.10 Å². The average Bonchev–Trinajstić information content (AvgIpc) is 2.93. The predicted octanol–water partition coefficient (Wildman–Crippen LogP) is 2.77. The van der Waals surface area contributed by atoms with E-state index in [-0.39, 0.29) is 0 Å². The Bertz CT molecular complexity index is 621. The van der Waals surface area contributed by atoms with Crippen LogP contribution in [0.25, 0.3) is 0 Å². The molecule has 0 saturated carbocycles. The van der Waals surface area contributed by atoms with Crippen molar-refractivity contribution in [2.75, 3.05) is 13.7 Å². The van der Waals surface area contributed by atoms with Crippen LogP contribution in [0.3, 0.4) is 0 Å². The van der Waals surface area contributed by atoms with E-state index in [1.54, 1.807) is 7.11 Å². The molecule has 124 valence electrons. The summed E-state index contributed by atoms with van der Waals surface area (Å²) in [4.78, 5) is 11.1. The topological polar surface area (TPSA) is 66.2 Å². The lowest BCUT2D eigenvalue weighted by molar-refractivity contribution is 0.111. The highest BCUT2D eigenvalue weighted by molar-refractivity contribution is 5.73. The minimum atomic E-state index is 0.426. The number of ether oxygens (including phenoxy) is 2. The lowest BCUT2D eigenvalue weighted by Crippen LogP contribution is -2.12. The van der Waals surface area contributed by atoms with E-state index in [1.165, 1.54) is 0 Å². The van der Waals surface area contributed by atoms with E-state index < -0.39 is 0 Å². The predicted molar refractivity (Wildman–Crippen MR) is 87.1 cm³/mol. The zero-order valence-corrected chi connectivity index (χ0v) is 13.9. The summed E-state index contributed by atoms with van der Waals surface area (Å²) in [6.45, 7) is 5.55. The van der Waals surface area contributed by atoms with Gasteiger partial charge in [0.25, 0.3) is 0 Å². The molecule has 6 nitrogen and oxygen atoms in total. The molecule has 0 atom stereocenters. The summed E-state index contributed by atoms with van der Waals surface area (Å²) in [6.07, 6.45) is 2.27. The smallest absolute Gasteiger partial charge is 0.172 e. The monoisotopic (exact) mass is 317 g/mol. The largest absolute Gasteiger partial charge is 0.497 e. The molecular weight excluding hydrogens is 294 g/mol. The molecule has 0 aliphatic rings. The normalized spacial score (nSPS) is 10.8. The lowest BCUT2D eigenvalue weighted by atomic mass is 10.2. The number of nitrogens with zero attached hydrogens (tertiary/aromatic N) is 3. The van der Waals surface area contributed by atoms with Gasteiger partial charge in [-0.2, -0.15) is 0 Å². The van der Waals surface area contributed by atoms with Crippen molar-refractivity contribution in [3.8, 4) is 11.5 Å². The Morgan fingerprint density at radius 2 is 1.91 bits per heavy atom. The average molecular weight is 317 g/mol. The summed E-state index contributed by atoms with van der Waals surface area (Å²) >= 11 is 0. The molecule has 2 rings (SSSR count). The first-order valence-corrected chi connectivity index (χ1v) is 7.78. The van der Waals surface area contributed by atoms with Gasteiger partial charge in [0.05, 0.1) is 19.4 Å². The molecule has 2 aromatic rings. The lowest BCUT2D eigenvalue weighted by Gasteiger charge is -2.10. The van der Waals surface area contributed by atoms with Gasteiger partial charge in [-0.3, -0.25) is 4.79 Å². The molecule has 0 saturated heterocycles. The van der Waals surface area contributed by atoms with Gasteiger partial charge in [0.1, 0.15) is 17.2 Å². The van der Waals surface area contributed by atoms with Crippen LogP contribution in [0.5, 0.6) is 11.5 Å². The SMILES string of the molecule is COc1ccc(OCCCc2c(C=O)nnn2CC(C)C)cc1. The molecule has 0 spiro atoms. The molecule has 0 amide bonds. The first-order valence-electron chi connectivity index (χ1n) is 7.78. The van der Waals surface area contributed by atoms with Gasteiger partial charge in [-0.05, 0) is 43.0 Å². The molecule has 6 heteroatoms. The molecule has 0 bridgehead atoms. The van der Waals surface area contributed by atoms with E-state index in [9.17, 15) is 4.79 Å². The number of rotatable bonds is 9. The van der Waals surface area contributed by atoms with Crippen LogP contribution in [-0.2, 0) is 13.0 Å². The zero-order chi connectivity index (χ0) is 16.7. The van der Waals surface area contributed by atoms with Crippen LogP contribution in [-0.4, -0.2) is 35.0 Å². The molecule has 0 aliphatic heterocycles. The second-order valence-electron chi connectivity index (χ2n) is 5.74. The van der Waals surface area contributed by atoms with Gasteiger partial charge in [0.2, 0.25) is 0 Å². The highest BCUT2D eigenvalue weighted by Crippen LogP contribution is 2.17. The summed E-state index contributed by atoms with van der Waals surface area (Å²) in [5.41, 5.74) is 1.31. The van der Waals surface area contributed by atoms with Crippen LogP contribution in [0.15, 0.2) is 24.3 Å². The second kappa shape index (κ2) is 8.31. The Morgan fingerprint density at radius 3 is 2.52 bits per heavy atom. The van der Waals surface area contributed by atoms with Crippen LogP contribution in [0, 0.1) is 5.92 Å². The van der Waals surface area contributed by atoms with Crippen molar-refractivity contribution in [3.05, 3.63) is 35.7 Å². The summed E-state index contributed by atoms with van der Waals surface area (Å²) in [6, 6.07) is 7.48. The molecule has 1 heterocycles. The fourth-order valence-electron chi connectivity index (χ4n) is 2.29. The van der Waals surface area contributed by atoms with Gasteiger partial charge in [0, 0.05) is 6.54 Å². The Kier molecular flexibility index (Phi) is 6.14. The van der Waals surface area contributed by atoms with E-state index in [2.05, 4.69) is 24.2 Å². The fraction of sp³-hybridized carbons (Fsp3) is 0.471. The van der Waals surface area contributed by atoms with Gasteiger partial charge in [0.15, 0.2) is 6.29 Å².